The molecule has 4 fully saturated rings. The summed E-state index contributed by atoms with van der Waals surface area (Å²) in [5, 5.41) is 7.81. The average Bonchev–Trinajstić information content (AvgIpc) is 2.97. The van der Waals surface area contributed by atoms with Crippen molar-refractivity contribution in [2.24, 2.45) is 28.2 Å². The molecule has 1 saturated heterocycles. The zero-order valence-electron chi connectivity index (χ0n) is 26.2. The Hall–Kier alpha value is -3.46. The van der Waals surface area contributed by atoms with Crippen LogP contribution >= 0.6 is 0 Å². The molecule has 3 aliphatic carbocycles. The highest BCUT2D eigenvalue weighted by Gasteiger charge is 2.56. The lowest BCUT2D eigenvalue weighted by atomic mass is 9.45. The Morgan fingerprint density at radius 1 is 1.14 bits per heavy atom. The third-order valence-corrected chi connectivity index (χ3v) is 10.4. The van der Waals surface area contributed by atoms with Crippen LogP contribution in [0.4, 0.5) is 10.1 Å². The summed E-state index contributed by atoms with van der Waals surface area (Å²) in [6.45, 7) is 13.7. The molecule has 2 N–H and O–H groups in total. The minimum atomic E-state index is -0.342. The summed E-state index contributed by atoms with van der Waals surface area (Å²) in [5.74, 6) is 3.03. The number of fused-ring (bicyclic) bond motifs is 3. The lowest BCUT2D eigenvalue weighted by Crippen LogP contribution is -2.59. The van der Waals surface area contributed by atoms with E-state index in [4.69, 9.17) is 9.73 Å². The predicted octanol–water partition coefficient (Wildman–Crippen LogP) is 5.31. The number of nitrogens with one attached hydrogen (secondary N) is 2. The summed E-state index contributed by atoms with van der Waals surface area (Å²) in [7, 11) is 1.51. The number of rotatable bonds is 6. The van der Waals surface area contributed by atoms with Gasteiger partial charge in [-0.3, -0.25) is 9.36 Å². The van der Waals surface area contributed by atoms with Gasteiger partial charge in [-0.1, -0.05) is 26.8 Å². The van der Waals surface area contributed by atoms with Crippen molar-refractivity contribution >= 4 is 22.5 Å². The summed E-state index contributed by atoms with van der Waals surface area (Å²) in [4.78, 5) is 25.7. The SMILES string of the molecule is COc1ccc(CCn2cnc3cc(NC(=N[C@H]4C[C@H]5C[C@@H]([C@@H]4C)C5(C)C)N4C[C@H](C)N[C@@H](C)C4)ccc3c2=O)c(F)c1. The number of guanidine groups is 1. The third-order valence-electron chi connectivity index (χ3n) is 10.4. The van der Waals surface area contributed by atoms with Gasteiger partial charge in [-0.05, 0) is 86.1 Å². The van der Waals surface area contributed by atoms with Crippen LogP contribution in [0.1, 0.15) is 53.0 Å². The molecule has 7 rings (SSSR count). The zero-order valence-corrected chi connectivity index (χ0v) is 26.2. The number of aromatic nitrogens is 2. The molecule has 2 aromatic carbocycles. The molecule has 1 aromatic heterocycles. The molecule has 3 saturated carbocycles. The topological polar surface area (TPSA) is 83.8 Å². The van der Waals surface area contributed by atoms with Gasteiger partial charge < -0.3 is 20.3 Å². The van der Waals surface area contributed by atoms with Crippen LogP contribution in [0.5, 0.6) is 5.75 Å². The number of halogens is 1. The van der Waals surface area contributed by atoms with Crippen LogP contribution < -0.4 is 20.9 Å². The Bertz CT molecular complexity index is 1570. The molecule has 0 spiro atoms. The number of nitrogens with zero attached hydrogens (tertiary/aromatic N) is 4. The Kier molecular flexibility index (Phi) is 7.96. The highest BCUT2D eigenvalue weighted by Crippen LogP contribution is 2.61. The van der Waals surface area contributed by atoms with Gasteiger partial charge in [0, 0.05) is 43.5 Å². The van der Waals surface area contributed by atoms with Crippen LogP contribution in [0.25, 0.3) is 10.9 Å². The van der Waals surface area contributed by atoms with Crippen LogP contribution in [0.2, 0.25) is 0 Å². The van der Waals surface area contributed by atoms with E-state index in [9.17, 15) is 9.18 Å². The standard InChI is InChI=1S/C34H45FN6O2/c1-20-17-41(18-21(2)37-20)33(39-30-14-24-13-28(22(30)3)34(24,4)5)38-25-8-10-27-31(15-25)36-19-40(32(27)42)12-11-23-7-9-26(43-6)16-29(23)35/h7-10,15-16,19-22,24,28,30,37H,11-14,17-18H2,1-6H3,(H,38,39)/t20-,21-,22-,24+,28-,30-/m0/s1. The van der Waals surface area contributed by atoms with Crippen molar-refractivity contribution in [3.63, 3.8) is 0 Å². The predicted molar refractivity (Wildman–Crippen MR) is 170 cm³/mol. The van der Waals surface area contributed by atoms with Gasteiger partial charge >= 0.3 is 0 Å². The minimum absolute atomic E-state index is 0.137. The van der Waals surface area contributed by atoms with Crippen LogP contribution in [0.15, 0.2) is 52.5 Å². The lowest BCUT2D eigenvalue weighted by molar-refractivity contribution is -0.108. The van der Waals surface area contributed by atoms with Crippen LogP contribution in [-0.4, -0.2) is 58.7 Å². The van der Waals surface area contributed by atoms with Crippen molar-refractivity contribution in [1.29, 1.82) is 0 Å². The first-order valence-corrected chi connectivity index (χ1v) is 15.7. The van der Waals surface area contributed by atoms with Crippen LogP contribution in [-0.2, 0) is 13.0 Å². The summed E-state index contributed by atoms with van der Waals surface area (Å²) in [6, 6.07) is 11.5. The van der Waals surface area contributed by atoms with Gasteiger partial charge in [0.25, 0.3) is 5.56 Å². The fourth-order valence-corrected chi connectivity index (χ4v) is 7.77. The van der Waals surface area contributed by atoms with E-state index in [1.165, 1.54) is 19.6 Å². The summed E-state index contributed by atoms with van der Waals surface area (Å²) in [6.07, 6.45) is 4.39. The van der Waals surface area contributed by atoms with E-state index in [1.807, 2.05) is 18.2 Å². The molecule has 0 amide bonds. The maximum Gasteiger partial charge on any atom is 0.261 e. The number of aryl methyl sites for hydroxylation is 2. The number of anilines is 1. The first kappa shape index (κ1) is 29.6. The number of hydrogen-bond acceptors (Lipinski definition) is 5. The van der Waals surface area contributed by atoms with E-state index in [-0.39, 0.29) is 11.4 Å². The number of piperazine rings is 1. The Morgan fingerprint density at radius 2 is 1.91 bits per heavy atom. The van der Waals surface area contributed by atoms with E-state index < -0.39 is 0 Å². The van der Waals surface area contributed by atoms with Crippen molar-refractivity contribution in [3.05, 3.63) is 64.5 Å². The van der Waals surface area contributed by atoms with Crippen LogP contribution in [0.3, 0.4) is 0 Å². The number of benzene rings is 2. The summed E-state index contributed by atoms with van der Waals surface area (Å²) in [5.41, 5.74) is 2.30. The van der Waals surface area contributed by atoms with Crippen molar-refractivity contribution in [2.45, 2.75) is 78.6 Å². The smallest absolute Gasteiger partial charge is 0.261 e. The third kappa shape index (κ3) is 5.76. The molecule has 6 atom stereocenters. The molecule has 3 aromatic rings. The minimum Gasteiger partial charge on any atom is -0.497 e. The molecule has 8 nitrogen and oxygen atoms in total. The second-order valence-electron chi connectivity index (χ2n) is 13.7. The van der Waals surface area contributed by atoms with Gasteiger partial charge in [0.2, 0.25) is 0 Å². The van der Waals surface area contributed by atoms with Crippen molar-refractivity contribution in [2.75, 3.05) is 25.5 Å². The van der Waals surface area contributed by atoms with E-state index in [1.54, 1.807) is 23.0 Å². The number of aliphatic imine (C=N–C) groups is 1. The zero-order chi connectivity index (χ0) is 30.5. The van der Waals surface area contributed by atoms with Gasteiger partial charge in [0.05, 0.1) is 30.4 Å². The molecule has 2 bridgehead atoms. The molecule has 1 aliphatic heterocycles. The number of ether oxygens (including phenoxy) is 1. The molecule has 43 heavy (non-hydrogen) atoms. The second kappa shape index (κ2) is 11.6. The fraction of sp³-hybridized carbons (Fsp3) is 0.559. The van der Waals surface area contributed by atoms with Gasteiger partial charge in [0.15, 0.2) is 5.96 Å². The first-order valence-electron chi connectivity index (χ1n) is 15.7. The highest BCUT2D eigenvalue weighted by molar-refractivity contribution is 5.96. The molecule has 0 unspecified atom stereocenters. The lowest BCUT2D eigenvalue weighted by Gasteiger charge is -2.61. The van der Waals surface area contributed by atoms with Gasteiger partial charge in [-0.15, -0.1) is 0 Å². The molecule has 0 radical (unpaired) electrons. The van der Waals surface area contributed by atoms with Crippen molar-refractivity contribution in [3.8, 4) is 5.75 Å². The van der Waals surface area contributed by atoms with Crippen molar-refractivity contribution in [1.82, 2.24) is 19.8 Å². The number of methoxy groups -OCH3 is 1. The molecule has 2 heterocycles. The Balaban J connectivity index is 1.23. The molecule has 4 aliphatic rings. The highest BCUT2D eigenvalue weighted by atomic mass is 19.1. The normalized spacial score (nSPS) is 28.4. The van der Waals surface area contributed by atoms with Gasteiger partial charge in [0.1, 0.15) is 11.6 Å². The van der Waals surface area contributed by atoms with E-state index in [0.717, 1.165) is 43.0 Å². The van der Waals surface area contributed by atoms with Gasteiger partial charge in [-0.2, -0.15) is 0 Å². The Morgan fingerprint density at radius 3 is 2.58 bits per heavy atom. The molecular formula is C34H45FN6O2. The second-order valence-corrected chi connectivity index (χ2v) is 13.7. The van der Waals surface area contributed by atoms with Crippen molar-refractivity contribution < 1.29 is 9.13 Å². The molecule has 9 heteroatoms. The summed E-state index contributed by atoms with van der Waals surface area (Å²) < 4.78 is 21.1. The van der Waals surface area contributed by atoms with Gasteiger partial charge in [-0.25, -0.2) is 14.4 Å². The van der Waals surface area contributed by atoms with Crippen LogP contribution in [0, 0.1) is 29.0 Å². The van der Waals surface area contributed by atoms with E-state index in [2.05, 4.69) is 55.1 Å². The largest absolute Gasteiger partial charge is 0.497 e. The summed E-state index contributed by atoms with van der Waals surface area (Å²) >= 11 is 0. The van der Waals surface area contributed by atoms with E-state index >= 15 is 0 Å². The molecular weight excluding hydrogens is 543 g/mol. The first-order chi connectivity index (χ1) is 20.5. The monoisotopic (exact) mass is 588 g/mol. The fourth-order valence-electron chi connectivity index (χ4n) is 7.77. The maximum atomic E-state index is 14.4. The van der Waals surface area contributed by atoms with E-state index in [0.29, 0.717) is 64.6 Å². The maximum absolute atomic E-state index is 14.4. The molecule has 230 valence electrons. The number of hydrogen-bond donors (Lipinski definition) is 2. The average molecular weight is 589 g/mol. The quantitative estimate of drug-likeness (QED) is 0.300. The Labute approximate surface area is 253 Å².